The topological polar surface area (TPSA) is 15.3 Å². The van der Waals surface area contributed by atoms with Crippen LogP contribution in [0.3, 0.4) is 0 Å². The van der Waals surface area contributed by atoms with Gasteiger partial charge >= 0.3 is 0 Å². The molecule has 1 aliphatic rings. The van der Waals surface area contributed by atoms with Crippen molar-refractivity contribution in [3.05, 3.63) is 29.8 Å². The molecule has 1 aromatic carbocycles. The molecule has 0 amide bonds. The van der Waals surface area contributed by atoms with Crippen molar-refractivity contribution in [2.75, 3.05) is 25.0 Å². The van der Waals surface area contributed by atoms with Crippen LogP contribution in [0.25, 0.3) is 0 Å². The third-order valence-electron chi connectivity index (χ3n) is 2.80. The van der Waals surface area contributed by atoms with Crippen molar-refractivity contribution in [1.29, 1.82) is 0 Å². The number of para-hydroxylation sites is 1. The van der Waals surface area contributed by atoms with Gasteiger partial charge in [-0.05, 0) is 18.6 Å². The van der Waals surface area contributed by atoms with Crippen LogP contribution in [-0.2, 0) is 0 Å². The van der Waals surface area contributed by atoms with Crippen LogP contribution in [0.1, 0.15) is 5.56 Å². The molecule has 1 aliphatic heterocycles. The number of anilines is 1. The second kappa shape index (κ2) is 3.38. The first-order valence-electron chi connectivity index (χ1n) is 4.78. The fourth-order valence-corrected chi connectivity index (χ4v) is 1.70. The summed E-state index contributed by atoms with van der Waals surface area (Å²) >= 11 is 0. The number of nitrogens with one attached hydrogen (secondary N) is 1. The molecule has 0 aliphatic carbocycles. The molecule has 1 saturated heterocycles. The number of nitrogens with zero attached hydrogens (tertiary/aromatic N) is 1. The minimum absolute atomic E-state index is 0.682. The molecule has 1 N–H and O–H groups in total. The summed E-state index contributed by atoms with van der Waals surface area (Å²) in [6.45, 7) is 4.40. The van der Waals surface area contributed by atoms with E-state index in [2.05, 4.69) is 48.5 Å². The van der Waals surface area contributed by atoms with Gasteiger partial charge in [0.25, 0.3) is 0 Å². The Balaban J connectivity index is 2.18. The first-order chi connectivity index (χ1) is 6.29. The van der Waals surface area contributed by atoms with Crippen LogP contribution in [0, 0.1) is 6.92 Å². The number of rotatable bonds is 2. The van der Waals surface area contributed by atoms with Gasteiger partial charge in [-0.3, -0.25) is 0 Å². The average molecular weight is 176 g/mol. The Labute approximate surface area is 79.6 Å². The Hall–Kier alpha value is -1.02. The summed E-state index contributed by atoms with van der Waals surface area (Å²) in [4.78, 5) is 2.37. The molecule has 0 aromatic heterocycles. The molecule has 1 heterocycles. The zero-order valence-corrected chi connectivity index (χ0v) is 8.25. The van der Waals surface area contributed by atoms with Gasteiger partial charge in [-0.25, -0.2) is 0 Å². The number of hydrogen-bond donors (Lipinski definition) is 1. The summed E-state index contributed by atoms with van der Waals surface area (Å²) < 4.78 is 0. The minimum Gasteiger partial charge on any atom is -0.369 e. The van der Waals surface area contributed by atoms with Gasteiger partial charge in [-0.1, -0.05) is 18.2 Å². The van der Waals surface area contributed by atoms with Crippen molar-refractivity contribution in [2.24, 2.45) is 0 Å². The zero-order valence-electron chi connectivity index (χ0n) is 8.25. The highest BCUT2D eigenvalue weighted by Gasteiger charge is 2.22. The monoisotopic (exact) mass is 176 g/mol. The molecule has 0 spiro atoms. The molecule has 0 unspecified atom stereocenters. The molecule has 2 nitrogen and oxygen atoms in total. The van der Waals surface area contributed by atoms with E-state index in [0.717, 1.165) is 13.1 Å². The van der Waals surface area contributed by atoms with Gasteiger partial charge < -0.3 is 10.2 Å². The highest BCUT2D eigenvalue weighted by molar-refractivity contribution is 5.53. The lowest BCUT2D eigenvalue weighted by Gasteiger charge is -2.37. The predicted molar refractivity (Wildman–Crippen MR) is 56.2 cm³/mol. The smallest absolute Gasteiger partial charge is 0.0535 e. The van der Waals surface area contributed by atoms with Gasteiger partial charge in [-0.15, -0.1) is 0 Å². The summed E-state index contributed by atoms with van der Waals surface area (Å²) in [6.07, 6.45) is 0. The van der Waals surface area contributed by atoms with Crippen LogP contribution in [0.5, 0.6) is 0 Å². The van der Waals surface area contributed by atoms with Gasteiger partial charge in [0, 0.05) is 25.8 Å². The Bertz CT molecular complexity index is 292. The van der Waals surface area contributed by atoms with Crippen LogP contribution in [0.2, 0.25) is 0 Å². The van der Waals surface area contributed by atoms with E-state index in [1.807, 2.05) is 0 Å². The Morgan fingerprint density at radius 1 is 1.31 bits per heavy atom. The lowest BCUT2D eigenvalue weighted by Crippen LogP contribution is -2.56. The van der Waals surface area contributed by atoms with E-state index >= 15 is 0 Å². The van der Waals surface area contributed by atoms with Gasteiger partial charge in [-0.2, -0.15) is 0 Å². The maximum absolute atomic E-state index is 3.29. The first-order valence-corrected chi connectivity index (χ1v) is 4.78. The summed E-state index contributed by atoms with van der Waals surface area (Å²) in [5, 5.41) is 3.29. The number of benzene rings is 1. The van der Waals surface area contributed by atoms with Crippen molar-refractivity contribution in [3.63, 3.8) is 0 Å². The molecule has 0 atom stereocenters. The zero-order chi connectivity index (χ0) is 9.26. The SMILES string of the molecule is Cc1ccccc1N(C)C1CNC1. The van der Waals surface area contributed by atoms with Crippen LogP contribution in [-0.4, -0.2) is 26.2 Å². The standard InChI is InChI=1S/C11H16N2/c1-9-5-3-4-6-11(9)13(2)10-7-12-8-10/h3-6,10,12H,7-8H2,1-2H3. The molecule has 2 heteroatoms. The normalized spacial score (nSPS) is 16.8. The van der Waals surface area contributed by atoms with Crippen molar-refractivity contribution < 1.29 is 0 Å². The van der Waals surface area contributed by atoms with Gasteiger partial charge in [0.2, 0.25) is 0 Å². The molecule has 0 bridgehead atoms. The van der Waals surface area contributed by atoms with Gasteiger partial charge in [0.15, 0.2) is 0 Å². The van der Waals surface area contributed by atoms with Gasteiger partial charge in [0.05, 0.1) is 6.04 Å². The highest BCUT2D eigenvalue weighted by Crippen LogP contribution is 2.20. The maximum atomic E-state index is 3.29. The van der Waals surface area contributed by atoms with E-state index in [0.29, 0.717) is 6.04 Å². The maximum Gasteiger partial charge on any atom is 0.0535 e. The lowest BCUT2D eigenvalue weighted by atomic mass is 10.1. The molecule has 1 fully saturated rings. The molecule has 70 valence electrons. The van der Waals surface area contributed by atoms with Crippen LogP contribution >= 0.6 is 0 Å². The molecule has 1 aromatic rings. The third-order valence-corrected chi connectivity index (χ3v) is 2.80. The molecule has 2 rings (SSSR count). The molecule has 0 saturated carbocycles. The molecular weight excluding hydrogens is 160 g/mol. The third kappa shape index (κ3) is 1.54. The van der Waals surface area contributed by atoms with E-state index in [4.69, 9.17) is 0 Å². The molecule has 13 heavy (non-hydrogen) atoms. The van der Waals surface area contributed by atoms with E-state index in [1.54, 1.807) is 0 Å². The Morgan fingerprint density at radius 3 is 2.54 bits per heavy atom. The van der Waals surface area contributed by atoms with Crippen molar-refractivity contribution in [1.82, 2.24) is 5.32 Å². The van der Waals surface area contributed by atoms with Crippen LogP contribution < -0.4 is 10.2 Å². The summed E-state index contributed by atoms with van der Waals surface area (Å²) in [5.41, 5.74) is 2.71. The second-order valence-electron chi connectivity index (χ2n) is 3.71. The molecule has 0 radical (unpaired) electrons. The fraction of sp³-hybridized carbons (Fsp3) is 0.455. The highest BCUT2D eigenvalue weighted by atomic mass is 15.2. The molecular formula is C11H16N2. The largest absolute Gasteiger partial charge is 0.369 e. The van der Waals surface area contributed by atoms with Crippen LogP contribution in [0.4, 0.5) is 5.69 Å². The Kier molecular flexibility index (Phi) is 2.23. The van der Waals surface area contributed by atoms with E-state index in [-0.39, 0.29) is 0 Å². The average Bonchev–Trinajstić information content (AvgIpc) is 2.01. The second-order valence-corrected chi connectivity index (χ2v) is 3.71. The van der Waals surface area contributed by atoms with E-state index < -0.39 is 0 Å². The fourth-order valence-electron chi connectivity index (χ4n) is 1.70. The minimum atomic E-state index is 0.682. The predicted octanol–water partition coefficient (Wildman–Crippen LogP) is 1.40. The number of hydrogen-bond acceptors (Lipinski definition) is 2. The van der Waals surface area contributed by atoms with Crippen molar-refractivity contribution in [2.45, 2.75) is 13.0 Å². The summed E-state index contributed by atoms with van der Waals surface area (Å²) in [7, 11) is 2.17. The van der Waals surface area contributed by atoms with Crippen LogP contribution in [0.15, 0.2) is 24.3 Å². The van der Waals surface area contributed by atoms with Crippen molar-refractivity contribution in [3.8, 4) is 0 Å². The number of aryl methyl sites for hydroxylation is 1. The quantitative estimate of drug-likeness (QED) is 0.733. The number of likely N-dealkylation sites (N-methyl/N-ethyl adjacent to an activating group) is 1. The van der Waals surface area contributed by atoms with E-state index in [9.17, 15) is 0 Å². The Morgan fingerprint density at radius 2 is 2.00 bits per heavy atom. The van der Waals surface area contributed by atoms with E-state index in [1.165, 1.54) is 11.3 Å². The van der Waals surface area contributed by atoms with Gasteiger partial charge in [0.1, 0.15) is 0 Å². The summed E-state index contributed by atoms with van der Waals surface area (Å²) in [5.74, 6) is 0. The summed E-state index contributed by atoms with van der Waals surface area (Å²) in [6, 6.07) is 9.23. The first kappa shape index (κ1) is 8.57. The lowest BCUT2D eigenvalue weighted by molar-refractivity contribution is 0.428. The van der Waals surface area contributed by atoms with Crippen molar-refractivity contribution >= 4 is 5.69 Å².